The van der Waals surface area contributed by atoms with E-state index < -0.39 is 17.9 Å². The third-order valence-electron chi connectivity index (χ3n) is 8.22. The van der Waals surface area contributed by atoms with E-state index in [1.54, 1.807) is 0 Å². The fourth-order valence-corrected chi connectivity index (χ4v) is 5.84. The molecule has 0 saturated carbocycles. The number of allylic oxidation sites excluding steroid dienone is 2. The molecule has 0 atom stereocenters. The Labute approximate surface area is 251 Å². The van der Waals surface area contributed by atoms with Gasteiger partial charge in [0.15, 0.2) is 0 Å². The number of aliphatic carboxylic acids is 3. The van der Waals surface area contributed by atoms with Gasteiger partial charge in [-0.1, -0.05) is 103 Å². The average Bonchev–Trinajstić information content (AvgIpc) is 2.91. The number of unbranched alkanes of at least 4 members (excludes halogenated alkanes) is 16. The molecule has 0 aromatic carbocycles. The molecule has 0 aromatic heterocycles. The van der Waals surface area contributed by atoms with Crippen LogP contribution >= 0.6 is 0 Å². The van der Waals surface area contributed by atoms with Crippen molar-refractivity contribution in [3.63, 3.8) is 0 Å². The quantitative estimate of drug-likeness (QED) is 0.0414. The van der Waals surface area contributed by atoms with Gasteiger partial charge in [0.1, 0.15) is 0 Å². The van der Waals surface area contributed by atoms with E-state index in [0.717, 1.165) is 25.8 Å². The molecular weight excluding hydrogens is 518 g/mol. The van der Waals surface area contributed by atoms with Crippen LogP contribution < -0.4 is 0 Å². The zero-order valence-corrected chi connectivity index (χ0v) is 26.5. The molecule has 0 amide bonds. The van der Waals surface area contributed by atoms with Crippen molar-refractivity contribution in [2.75, 3.05) is 26.2 Å². The van der Waals surface area contributed by atoms with E-state index in [4.69, 9.17) is 15.3 Å². The van der Waals surface area contributed by atoms with E-state index in [-0.39, 0.29) is 19.3 Å². The molecule has 0 heterocycles. The van der Waals surface area contributed by atoms with Crippen molar-refractivity contribution >= 4 is 17.9 Å². The van der Waals surface area contributed by atoms with E-state index in [1.165, 1.54) is 96.3 Å². The summed E-state index contributed by atoms with van der Waals surface area (Å²) < 4.78 is 0.643. The summed E-state index contributed by atoms with van der Waals surface area (Å²) in [6.45, 7) is 5.07. The predicted molar refractivity (Wildman–Crippen MR) is 168 cm³/mol. The molecule has 0 aliphatic heterocycles. The third kappa shape index (κ3) is 28.0. The van der Waals surface area contributed by atoms with Gasteiger partial charge in [0.2, 0.25) is 0 Å². The number of carboxylic acid groups (broad SMARTS) is 3. The molecule has 0 unspecified atom stereocenters. The molecule has 0 aliphatic rings. The smallest absolute Gasteiger partial charge is 0.303 e. The van der Waals surface area contributed by atoms with Crippen LogP contribution in [0.3, 0.4) is 0 Å². The van der Waals surface area contributed by atoms with Gasteiger partial charge in [0.25, 0.3) is 0 Å². The van der Waals surface area contributed by atoms with Crippen LogP contribution in [0.15, 0.2) is 12.2 Å². The standard InChI is InChI=1S/C34H63NO6/c1-2-3-4-5-6-7-8-9-10-11-12-13-14-15-16-17-18-19-20-21-28-35(29-22-25-32(36)37,30-23-26-33(38)39)31-24-27-34(40)41/h3-4H,2,5-31H2,1H3,(H2-,36,37,38,39,40,41)/p+1/b4-3+. The molecular formula is C34H64NO6+. The van der Waals surface area contributed by atoms with E-state index in [2.05, 4.69) is 19.1 Å². The van der Waals surface area contributed by atoms with E-state index in [9.17, 15) is 14.4 Å². The van der Waals surface area contributed by atoms with Crippen molar-refractivity contribution in [1.29, 1.82) is 0 Å². The predicted octanol–water partition coefficient (Wildman–Crippen LogP) is 9.00. The summed E-state index contributed by atoms with van der Waals surface area (Å²) in [6.07, 6.45) is 29.7. The molecule has 0 spiro atoms. The van der Waals surface area contributed by atoms with Crippen molar-refractivity contribution in [2.24, 2.45) is 0 Å². The lowest BCUT2D eigenvalue weighted by Crippen LogP contribution is -2.51. The number of hydrogen-bond acceptors (Lipinski definition) is 3. The molecule has 0 rings (SSSR count). The molecule has 0 bridgehead atoms. The van der Waals surface area contributed by atoms with Gasteiger partial charge in [-0.2, -0.15) is 0 Å². The highest BCUT2D eigenvalue weighted by Crippen LogP contribution is 2.19. The average molecular weight is 583 g/mol. The first-order chi connectivity index (χ1) is 19.8. The summed E-state index contributed by atoms with van der Waals surface area (Å²) in [5, 5.41) is 27.3. The topological polar surface area (TPSA) is 112 Å². The molecule has 0 saturated heterocycles. The first-order valence-electron chi connectivity index (χ1n) is 17.0. The summed E-state index contributed by atoms with van der Waals surface area (Å²) in [5.74, 6) is -2.47. The number of carboxylic acids is 3. The van der Waals surface area contributed by atoms with Crippen molar-refractivity contribution < 1.29 is 34.2 Å². The summed E-state index contributed by atoms with van der Waals surface area (Å²) >= 11 is 0. The van der Waals surface area contributed by atoms with Gasteiger partial charge in [0.05, 0.1) is 45.4 Å². The number of quaternary nitrogens is 1. The minimum atomic E-state index is -0.823. The van der Waals surface area contributed by atoms with Gasteiger partial charge in [-0.25, -0.2) is 0 Å². The Morgan fingerprint density at radius 2 is 0.732 bits per heavy atom. The number of hydrogen-bond donors (Lipinski definition) is 3. The highest BCUT2D eigenvalue weighted by atomic mass is 16.4. The SMILES string of the molecule is CC/C=C/CCCCCCCCCCCCCCCCCC[N+](CCCC(=O)O)(CCCC(=O)O)CCCC(=O)O. The second-order valence-electron chi connectivity index (χ2n) is 12.1. The Kier molecular flexibility index (Phi) is 26.9. The van der Waals surface area contributed by atoms with Crippen LogP contribution in [0.5, 0.6) is 0 Å². The molecule has 240 valence electrons. The van der Waals surface area contributed by atoms with Crippen LogP contribution in [-0.2, 0) is 14.4 Å². The van der Waals surface area contributed by atoms with Crippen molar-refractivity contribution in [2.45, 2.75) is 161 Å². The van der Waals surface area contributed by atoms with E-state index in [0.29, 0.717) is 43.4 Å². The van der Waals surface area contributed by atoms with Gasteiger partial charge >= 0.3 is 17.9 Å². The maximum Gasteiger partial charge on any atom is 0.303 e. The van der Waals surface area contributed by atoms with E-state index in [1.807, 2.05) is 0 Å². The van der Waals surface area contributed by atoms with Crippen molar-refractivity contribution in [3.8, 4) is 0 Å². The lowest BCUT2D eigenvalue weighted by Gasteiger charge is -2.39. The summed E-state index contributed by atoms with van der Waals surface area (Å²) in [5.41, 5.74) is 0. The minimum Gasteiger partial charge on any atom is -0.481 e. The van der Waals surface area contributed by atoms with Crippen LogP contribution in [-0.4, -0.2) is 63.9 Å². The molecule has 7 heteroatoms. The molecule has 7 nitrogen and oxygen atoms in total. The molecule has 0 fully saturated rings. The van der Waals surface area contributed by atoms with Crippen molar-refractivity contribution in [3.05, 3.63) is 12.2 Å². The first-order valence-corrected chi connectivity index (χ1v) is 17.0. The highest BCUT2D eigenvalue weighted by molar-refractivity contribution is 5.67. The number of nitrogens with zero attached hydrogens (tertiary/aromatic N) is 1. The fourth-order valence-electron chi connectivity index (χ4n) is 5.84. The zero-order valence-electron chi connectivity index (χ0n) is 26.5. The second-order valence-corrected chi connectivity index (χ2v) is 12.1. The summed E-state index contributed by atoms with van der Waals surface area (Å²) in [7, 11) is 0. The number of carbonyl (C=O) groups is 3. The van der Waals surface area contributed by atoms with E-state index >= 15 is 0 Å². The maximum absolute atomic E-state index is 11.1. The Hall–Kier alpha value is -1.89. The van der Waals surface area contributed by atoms with Crippen LogP contribution in [0.2, 0.25) is 0 Å². The Morgan fingerprint density at radius 1 is 0.439 bits per heavy atom. The molecule has 3 N–H and O–H groups in total. The van der Waals surface area contributed by atoms with Gasteiger partial charge in [-0.05, 0) is 32.1 Å². The van der Waals surface area contributed by atoms with Crippen LogP contribution in [0.1, 0.15) is 161 Å². The molecule has 0 aromatic rings. The zero-order chi connectivity index (χ0) is 30.4. The van der Waals surface area contributed by atoms with Gasteiger partial charge in [0, 0.05) is 19.3 Å². The van der Waals surface area contributed by atoms with Crippen LogP contribution in [0.25, 0.3) is 0 Å². The second kappa shape index (κ2) is 28.2. The minimum absolute atomic E-state index is 0.0925. The lowest BCUT2D eigenvalue weighted by molar-refractivity contribution is -0.929. The van der Waals surface area contributed by atoms with Gasteiger partial charge in [-0.15, -0.1) is 0 Å². The van der Waals surface area contributed by atoms with Crippen molar-refractivity contribution in [1.82, 2.24) is 0 Å². The Morgan fingerprint density at radius 3 is 1.05 bits per heavy atom. The lowest BCUT2D eigenvalue weighted by atomic mass is 10.0. The number of rotatable bonds is 32. The third-order valence-corrected chi connectivity index (χ3v) is 8.22. The largest absolute Gasteiger partial charge is 0.481 e. The molecule has 0 radical (unpaired) electrons. The summed E-state index contributed by atoms with van der Waals surface area (Å²) in [4.78, 5) is 33.2. The molecule has 41 heavy (non-hydrogen) atoms. The summed E-state index contributed by atoms with van der Waals surface area (Å²) in [6, 6.07) is 0. The Bertz CT molecular complexity index is 628. The highest BCUT2D eigenvalue weighted by Gasteiger charge is 2.27. The van der Waals surface area contributed by atoms with Gasteiger partial charge < -0.3 is 19.8 Å². The molecule has 0 aliphatic carbocycles. The first kappa shape index (κ1) is 39.1. The van der Waals surface area contributed by atoms with Crippen LogP contribution in [0.4, 0.5) is 0 Å². The Balaban J connectivity index is 4.05. The normalized spacial score (nSPS) is 11.8. The maximum atomic E-state index is 11.1. The monoisotopic (exact) mass is 582 g/mol. The van der Waals surface area contributed by atoms with Crippen LogP contribution in [0, 0.1) is 0 Å². The van der Waals surface area contributed by atoms with Gasteiger partial charge in [-0.3, -0.25) is 14.4 Å². The fraction of sp³-hybridized carbons (Fsp3) is 0.853.